The van der Waals surface area contributed by atoms with Gasteiger partial charge in [-0.2, -0.15) is 0 Å². The van der Waals surface area contributed by atoms with Crippen LogP contribution in [0, 0.1) is 0 Å². The van der Waals surface area contributed by atoms with E-state index in [0.29, 0.717) is 24.4 Å². The minimum absolute atomic E-state index is 0.134. The summed E-state index contributed by atoms with van der Waals surface area (Å²) in [6.45, 7) is 0.201. The normalized spacial score (nSPS) is 20.1. The van der Waals surface area contributed by atoms with Crippen molar-refractivity contribution in [2.45, 2.75) is 18.5 Å². The summed E-state index contributed by atoms with van der Waals surface area (Å²) in [5.74, 6) is 0.158. The summed E-state index contributed by atoms with van der Waals surface area (Å²) in [5.41, 5.74) is 7.75. The second kappa shape index (κ2) is 7.46. The van der Waals surface area contributed by atoms with E-state index >= 15 is 0 Å². The molecule has 2 aromatic carbocycles. The molecule has 2 aliphatic rings. The molecule has 8 nitrogen and oxygen atoms in total. The predicted octanol–water partition coefficient (Wildman–Crippen LogP) is 1.35. The van der Waals surface area contributed by atoms with Crippen molar-refractivity contribution >= 4 is 23.5 Å². The van der Waals surface area contributed by atoms with Gasteiger partial charge in [0.25, 0.3) is 0 Å². The number of nitrogens with zero attached hydrogens (tertiary/aromatic N) is 2. The van der Waals surface area contributed by atoms with Crippen LogP contribution in [0.5, 0.6) is 5.75 Å². The molecule has 0 spiro atoms. The van der Waals surface area contributed by atoms with E-state index in [1.54, 1.807) is 12.0 Å². The van der Waals surface area contributed by atoms with Gasteiger partial charge in [-0.3, -0.25) is 9.59 Å². The maximum Gasteiger partial charge on any atom is 0.312 e. The molecule has 2 unspecified atom stereocenters. The minimum atomic E-state index is -0.766. The largest absolute Gasteiger partial charge is 0.495 e. The predicted molar refractivity (Wildman–Crippen MR) is 107 cm³/mol. The van der Waals surface area contributed by atoms with Crippen molar-refractivity contribution in [1.82, 2.24) is 10.2 Å². The van der Waals surface area contributed by atoms with Gasteiger partial charge in [0.15, 0.2) is 0 Å². The van der Waals surface area contributed by atoms with Crippen molar-refractivity contribution in [1.29, 1.82) is 0 Å². The Kier molecular flexibility index (Phi) is 4.84. The van der Waals surface area contributed by atoms with E-state index in [-0.39, 0.29) is 24.4 Å². The van der Waals surface area contributed by atoms with Crippen molar-refractivity contribution in [2.75, 3.05) is 25.1 Å². The average molecular weight is 394 g/mol. The van der Waals surface area contributed by atoms with Gasteiger partial charge in [-0.15, -0.1) is 0 Å². The highest BCUT2D eigenvalue weighted by Gasteiger charge is 2.52. The second-order valence-corrected chi connectivity index (χ2v) is 7.13. The number of piperazine rings is 1. The monoisotopic (exact) mass is 394 g/mol. The summed E-state index contributed by atoms with van der Waals surface area (Å²) in [4.78, 5) is 39.6. The molecule has 2 fully saturated rings. The zero-order chi connectivity index (χ0) is 20.5. The molecule has 3 N–H and O–H groups in total. The Morgan fingerprint density at radius 1 is 1.17 bits per heavy atom. The van der Waals surface area contributed by atoms with E-state index in [0.717, 1.165) is 11.1 Å². The van der Waals surface area contributed by atoms with Crippen LogP contribution in [0.3, 0.4) is 0 Å². The molecule has 0 radical (unpaired) electrons. The number of methoxy groups -OCH3 is 1. The van der Waals surface area contributed by atoms with Gasteiger partial charge in [0.05, 0.1) is 25.4 Å². The standard InChI is InChI=1S/C21H22N4O4/c1-29-18-8-7-14(13-5-3-2-4-6-13)9-16(18)25-15-10-17(20(25)27)24(12-15)19(26)11-23-21(22)28/h2-9,15,17H,10-12H2,1H3,(H3,22,23,28). The topological polar surface area (TPSA) is 105 Å². The molecule has 150 valence electrons. The minimum Gasteiger partial charge on any atom is -0.495 e. The molecule has 8 heteroatoms. The maximum atomic E-state index is 13.1. The van der Waals surface area contributed by atoms with Gasteiger partial charge in [-0.25, -0.2) is 4.79 Å². The van der Waals surface area contributed by atoms with Gasteiger partial charge in [0.2, 0.25) is 11.8 Å². The molecular weight excluding hydrogens is 372 g/mol. The highest BCUT2D eigenvalue weighted by Crippen LogP contribution is 2.41. The SMILES string of the molecule is COc1ccc(-c2ccccc2)cc1N1C(=O)C2CC1CN2C(=O)CNC(N)=O. The quantitative estimate of drug-likeness (QED) is 0.798. The number of nitrogens with two attached hydrogens (primary N) is 1. The lowest BCUT2D eigenvalue weighted by Gasteiger charge is -2.34. The fourth-order valence-electron chi connectivity index (χ4n) is 4.12. The molecule has 2 bridgehead atoms. The lowest BCUT2D eigenvalue weighted by atomic mass is 10.0. The molecule has 2 saturated heterocycles. The van der Waals surface area contributed by atoms with Crippen LogP contribution in [-0.2, 0) is 9.59 Å². The molecule has 2 aliphatic heterocycles. The van der Waals surface area contributed by atoms with Crippen molar-refractivity contribution in [3.63, 3.8) is 0 Å². The first-order valence-corrected chi connectivity index (χ1v) is 9.39. The number of urea groups is 1. The first-order valence-electron chi connectivity index (χ1n) is 9.39. The third kappa shape index (κ3) is 3.37. The molecular formula is C21H22N4O4. The number of carbonyl (C=O) groups is 3. The van der Waals surface area contributed by atoms with Crippen LogP contribution in [0.2, 0.25) is 0 Å². The first kappa shape index (κ1) is 18.8. The van der Waals surface area contributed by atoms with Gasteiger partial charge < -0.3 is 25.6 Å². The van der Waals surface area contributed by atoms with E-state index in [1.807, 2.05) is 48.5 Å². The van der Waals surface area contributed by atoms with Crippen LogP contribution in [-0.4, -0.2) is 55.0 Å². The highest BCUT2D eigenvalue weighted by atomic mass is 16.5. The van der Waals surface area contributed by atoms with E-state index < -0.39 is 12.1 Å². The molecule has 2 heterocycles. The lowest BCUT2D eigenvalue weighted by Crippen LogP contribution is -2.54. The Morgan fingerprint density at radius 2 is 1.93 bits per heavy atom. The van der Waals surface area contributed by atoms with E-state index in [4.69, 9.17) is 10.5 Å². The van der Waals surface area contributed by atoms with Crippen LogP contribution in [0.1, 0.15) is 6.42 Å². The van der Waals surface area contributed by atoms with Gasteiger partial charge in [0, 0.05) is 6.54 Å². The summed E-state index contributed by atoms with van der Waals surface area (Å²) in [7, 11) is 1.57. The zero-order valence-corrected chi connectivity index (χ0v) is 16.0. The van der Waals surface area contributed by atoms with Crippen molar-refractivity contribution in [2.24, 2.45) is 5.73 Å². The molecule has 2 atom stereocenters. The fourth-order valence-corrected chi connectivity index (χ4v) is 4.12. The number of nitrogens with one attached hydrogen (secondary N) is 1. The number of benzene rings is 2. The summed E-state index contributed by atoms with van der Waals surface area (Å²) in [5, 5.41) is 2.29. The second-order valence-electron chi connectivity index (χ2n) is 7.13. The van der Waals surface area contributed by atoms with Crippen molar-refractivity contribution < 1.29 is 19.1 Å². The number of hydrogen-bond donors (Lipinski definition) is 2. The number of hydrogen-bond acceptors (Lipinski definition) is 4. The number of rotatable bonds is 5. The number of anilines is 1. The van der Waals surface area contributed by atoms with Crippen LogP contribution >= 0.6 is 0 Å². The number of fused-ring (bicyclic) bond motifs is 2. The maximum absolute atomic E-state index is 13.1. The number of likely N-dealkylation sites (tertiary alicyclic amines) is 1. The Bertz CT molecular complexity index is 962. The summed E-state index contributed by atoms with van der Waals surface area (Å²) < 4.78 is 5.51. The van der Waals surface area contributed by atoms with Crippen LogP contribution in [0.15, 0.2) is 48.5 Å². The number of ether oxygens (including phenoxy) is 1. The highest BCUT2D eigenvalue weighted by molar-refractivity contribution is 6.05. The summed E-state index contributed by atoms with van der Waals surface area (Å²) in [6, 6.07) is 14.2. The van der Waals surface area contributed by atoms with Gasteiger partial charge in [-0.05, 0) is 29.7 Å². The fraction of sp³-hybridized carbons (Fsp3) is 0.286. The van der Waals surface area contributed by atoms with Gasteiger partial charge >= 0.3 is 6.03 Å². The van der Waals surface area contributed by atoms with E-state index in [2.05, 4.69) is 5.32 Å². The Balaban J connectivity index is 1.60. The van der Waals surface area contributed by atoms with Gasteiger partial charge in [-0.1, -0.05) is 36.4 Å². The van der Waals surface area contributed by atoms with Crippen molar-refractivity contribution in [3.8, 4) is 16.9 Å². The Morgan fingerprint density at radius 3 is 2.59 bits per heavy atom. The number of primary amides is 1. The third-order valence-electron chi connectivity index (χ3n) is 5.45. The smallest absolute Gasteiger partial charge is 0.312 e. The van der Waals surface area contributed by atoms with E-state index in [9.17, 15) is 14.4 Å². The van der Waals surface area contributed by atoms with E-state index in [1.165, 1.54) is 4.90 Å². The van der Waals surface area contributed by atoms with Crippen LogP contribution in [0.25, 0.3) is 11.1 Å². The summed E-state index contributed by atoms with van der Waals surface area (Å²) in [6.07, 6.45) is 0.555. The number of amides is 4. The molecule has 4 rings (SSSR count). The Hall–Kier alpha value is -3.55. The molecule has 2 aromatic rings. The third-order valence-corrected chi connectivity index (χ3v) is 5.45. The first-order chi connectivity index (χ1) is 14.0. The molecule has 0 aliphatic carbocycles. The number of carbonyl (C=O) groups excluding carboxylic acids is 3. The van der Waals surface area contributed by atoms with Crippen molar-refractivity contribution in [3.05, 3.63) is 48.5 Å². The van der Waals surface area contributed by atoms with Gasteiger partial charge in [0.1, 0.15) is 11.8 Å². The Labute approximate surface area is 168 Å². The zero-order valence-electron chi connectivity index (χ0n) is 16.0. The average Bonchev–Trinajstić information content (AvgIpc) is 3.30. The molecule has 4 amide bonds. The van der Waals surface area contributed by atoms with Crippen LogP contribution < -0.4 is 20.7 Å². The molecule has 29 heavy (non-hydrogen) atoms. The lowest BCUT2D eigenvalue weighted by molar-refractivity contribution is -0.137. The summed E-state index contributed by atoms with van der Waals surface area (Å²) >= 11 is 0. The molecule has 0 saturated carbocycles. The molecule has 0 aromatic heterocycles. The van der Waals surface area contributed by atoms with Crippen LogP contribution in [0.4, 0.5) is 10.5 Å².